The molecular weight excluding hydrogens is 537 g/mol. The van der Waals surface area contributed by atoms with Crippen molar-refractivity contribution in [3.63, 3.8) is 0 Å². The second-order valence-electron chi connectivity index (χ2n) is 13.2. The molecule has 1 aliphatic carbocycles. The van der Waals surface area contributed by atoms with Gasteiger partial charge in [0.2, 0.25) is 0 Å². The first-order valence-electron chi connectivity index (χ1n) is 15.1. The molecule has 1 heterocycles. The lowest BCUT2D eigenvalue weighted by Gasteiger charge is -2.24. The first-order valence-corrected chi connectivity index (χ1v) is 18.6. The predicted molar refractivity (Wildman–Crippen MR) is 184 cm³/mol. The Labute approximate surface area is 256 Å². The molecule has 0 radical (unpaired) electrons. The van der Waals surface area contributed by atoms with Crippen molar-refractivity contribution >= 4 is 13.3 Å². The average Bonchev–Trinajstić information content (AvgIpc) is 3.26. The monoisotopic (exact) mass is 572 g/mol. The summed E-state index contributed by atoms with van der Waals surface area (Å²) in [4.78, 5) is 10.1. The Kier molecular flexibility index (Phi) is 6.52. The molecule has 0 unspecified atom stereocenters. The first-order chi connectivity index (χ1) is 20.7. The van der Waals surface area contributed by atoms with E-state index in [-0.39, 0.29) is 5.41 Å². The van der Waals surface area contributed by atoms with Gasteiger partial charge in [-0.15, -0.1) is 0 Å². The summed E-state index contributed by atoms with van der Waals surface area (Å²) in [7, 11) is -1.41. The Balaban J connectivity index is 1.31. The van der Waals surface area contributed by atoms with E-state index in [4.69, 9.17) is 9.97 Å². The molecule has 0 amide bonds. The molecule has 0 bridgehead atoms. The molecule has 0 saturated heterocycles. The van der Waals surface area contributed by atoms with E-state index in [1.54, 1.807) is 0 Å². The number of nitrogens with zero attached hydrogens (tertiary/aromatic N) is 2. The van der Waals surface area contributed by atoms with Crippen molar-refractivity contribution in [1.82, 2.24) is 9.97 Å². The quantitative estimate of drug-likeness (QED) is 0.192. The van der Waals surface area contributed by atoms with Gasteiger partial charge in [0.25, 0.3) is 0 Å². The minimum Gasteiger partial charge on any atom is -0.228 e. The van der Waals surface area contributed by atoms with Crippen molar-refractivity contribution in [2.75, 3.05) is 0 Å². The van der Waals surface area contributed by atoms with Crippen LogP contribution in [0.4, 0.5) is 0 Å². The lowest BCUT2D eigenvalue weighted by molar-refractivity contribution is 0.661. The van der Waals surface area contributed by atoms with Crippen LogP contribution in [0, 0.1) is 0 Å². The molecule has 5 aromatic carbocycles. The van der Waals surface area contributed by atoms with Crippen LogP contribution in [0.15, 0.2) is 127 Å². The smallest absolute Gasteiger partial charge is 0.160 e. The average molecular weight is 573 g/mol. The number of hydrogen-bond acceptors (Lipinski definition) is 2. The van der Waals surface area contributed by atoms with Crippen LogP contribution in [0.25, 0.3) is 56.2 Å². The molecule has 0 atom stereocenters. The lowest BCUT2D eigenvalue weighted by Crippen LogP contribution is -2.38. The number of fused-ring (bicyclic) bond motifs is 3. The van der Waals surface area contributed by atoms with E-state index in [9.17, 15) is 0 Å². The van der Waals surface area contributed by atoms with E-state index in [1.807, 2.05) is 12.1 Å². The normalized spacial score (nSPS) is 13.4. The zero-order chi connectivity index (χ0) is 29.8. The van der Waals surface area contributed by atoms with Gasteiger partial charge in [-0.25, -0.2) is 9.97 Å². The van der Waals surface area contributed by atoms with E-state index >= 15 is 0 Å². The van der Waals surface area contributed by atoms with E-state index < -0.39 is 8.07 Å². The van der Waals surface area contributed by atoms with Gasteiger partial charge in [0.15, 0.2) is 5.82 Å². The van der Waals surface area contributed by atoms with Gasteiger partial charge in [-0.05, 0) is 51.6 Å². The second kappa shape index (κ2) is 10.3. The molecule has 0 spiro atoms. The van der Waals surface area contributed by atoms with Crippen molar-refractivity contribution in [3.05, 3.63) is 139 Å². The SMILES string of the molecule is CC1(C)c2cc(-c3cccc(-c4nc(-c5ccccc5)cc(-c5ccccc5)n4)c3)ccc2-c2ccc([Si](C)(C)C)cc21. The summed E-state index contributed by atoms with van der Waals surface area (Å²) in [5, 5.41) is 1.52. The summed E-state index contributed by atoms with van der Waals surface area (Å²) in [6.07, 6.45) is 0. The van der Waals surface area contributed by atoms with Crippen LogP contribution in [0.3, 0.4) is 0 Å². The summed E-state index contributed by atoms with van der Waals surface area (Å²) in [5.41, 5.74) is 12.9. The van der Waals surface area contributed by atoms with Gasteiger partial charge in [-0.3, -0.25) is 0 Å². The van der Waals surface area contributed by atoms with Crippen LogP contribution < -0.4 is 5.19 Å². The van der Waals surface area contributed by atoms with Crippen LogP contribution in [0.5, 0.6) is 0 Å². The van der Waals surface area contributed by atoms with E-state index in [0.717, 1.165) is 33.9 Å². The van der Waals surface area contributed by atoms with Gasteiger partial charge >= 0.3 is 0 Å². The molecule has 1 aromatic heterocycles. The fourth-order valence-corrected chi connectivity index (χ4v) is 7.47. The Morgan fingerprint density at radius 1 is 0.465 bits per heavy atom. The molecule has 0 N–H and O–H groups in total. The van der Waals surface area contributed by atoms with Crippen LogP contribution >= 0.6 is 0 Å². The lowest BCUT2D eigenvalue weighted by atomic mass is 9.81. The number of benzene rings is 5. The predicted octanol–water partition coefficient (Wildman–Crippen LogP) is 10.00. The number of hydrogen-bond donors (Lipinski definition) is 0. The standard InChI is InChI=1S/C40H36N2Si/c1-40(2)35-24-30(19-21-33(35)34-22-20-32(25-36(34)40)43(3,4)5)29-17-12-18-31(23-29)39-41-37(27-13-8-6-9-14-27)26-38(42-39)28-15-10-7-11-16-28/h6-26H,1-5H3. The third-order valence-corrected chi connectivity index (χ3v) is 10.9. The highest BCUT2D eigenvalue weighted by atomic mass is 28.3. The second-order valence-corrected chi connectivity index (χ2v) is 18.2. The maximum absolute atomic E-state index is 5.06. The molecule has 1 aliphatic rings. The van der Waals surface area contributed by atoms with Crippen LogP contribution in [0.2, 0.25) is 19.6 Å². The highest BCUT2D eigenvalue weighted by Gasteiger charge is 2.36. The molecule has 7 rings (SSSR count). The van der Waals surface area contributed by atoms with Gasteiger partial charge in [-0.2, -0.15) is 0 Å². The number of aromatic nitrogens is 2. The third kappa shape index (κ3) is 4.94. The van der Waals surface area contributed by atoms with Crippen molar-refractivity contribution < 1.29 is 0 Å². The van der Waals surface area contributed by atoms with Crippen LogP contribution in [-0.4, -0.2) is 18.0 Å². The summed E-state index contributed by atoms with van der Waals surface area (Å²) >= 11 is 0. The molecule has 0 aliphatic heterocycles. The third-order valence-electron chi connectivity index (χ3n) is 8.86. The maximum Gasteiger partial charge on any atom is 0.160 e. The van der Waals surface area contributed by atoms with E-state index in [0.29, 0.717) is 0 Å². The Bertz CT molecular complexity index is 1910. The molecule has 2 nitrogen and oxygen atoms in total. The Hall–Kier alpha value is -4.60. The van der Waals surface area contributed by atoms with Crippen LogP contribution in [-0.2, 0) is 5.41 Å². The highest BCUT2D eigenvalue weighted by molar-refractivity contribution is 6.88. The zero-order valence-electron chi connectivity index (χ0n) is 25.5. The highest BCUT2D eigenvalue weighted by Crippen LogP contribution is 2.49. The molecule has 6 aromatic rings. The summed E-state index contributed by atoms with van der Waals surface area (Å²) < 4.78 is 0. The van der Waals surface area contributed by atoms with E-state index in [2.05, 4.69) is 149 Å². The molecule has 0 fully saturated rings. The Morgan fingerprint density at radius 3 is 1.58 bits per heavy atom. The van der Waals surface area contributed by atoms with Crippen LogP contribution in [0.1, 0.15) is 25.0 Å². The molecule has 3 heteroatoms. The van der Waals surface area contributed by atoms with Crippen molar-refractivity contribution in [3.8, 4) is 56.2 Å². The summed E-state index contributed by atoms with van der Waals surface area (Å²) in [5.74, 6) is 0.731. The minimum atomic E-state index is -1.41. The van der Waals surface area contributed by atoms with Gasteiger partial charge in [0.1, 0.15) is 0 Å². The number of rotatable bonds is 5. The van der Waals surface area contributed by atoms with Crippen molar-refractivity contribution in [2.45, 2.75) is 38.9 Å². The molecule has 0 saturated carbocycles. The topological polar surface area (TPSA) is 25.8 Å². The summed E-state index contributed by atoms with van der Waals surface area (Å²) in [6.45, 7) is 12.0. The van der Waals surface area contributed by atoms with Gasteiger partial charge in [0, 0.05) is 22.1 Å². The van der Waals surface area contributed by atoms with E-state index in [1.165, 1.54) is 38.6 Å². The Morgan fingerprint density at radius 2 is 0.977 bits per heavy atom. The maximum atomic E-state index is 5.06. The fraction of sp³-hybridized carbons (Fsp3) is 0.150. The largest absolute Gasteiger partial charge is 0.228 e. The molecule has 43 heavy (non-hydrogen) atoms. The van der Waals surface area contributed by atoms with Gasteiger partial charge in [0.05, 0.1) is 19.5 Å². The van der Waals surface area contributed by atoms with Crippen molar-refractivity contribution in [2.24, 2.45) is 0 Å². The molecule has 210 valence electrons. The summed E-state index contributed by atoms with van der Waals surface area (Å²) in [6, 6.07) is 45.7. The van der Waals surface area contributed by atoms with Crippen molar-refractivity contribution in [1.29, 1.82) is 0 Å². The minimum absolute atomic E-state index is 0.0499. The van der Waals surface area contributed by atoms with Gasteiger partial charge < -0.3 is 0 Å². The zero-order valence-corrected chi connectivity index (χ0v) is 26.5. The fourth-order valence-electron chi connectivity index (χ4n) is 6.31. The van der Waals surface area contributed by atoms with Gasteiger partial charge in [-0.1, -0.05) is 148 Å². The molecular formula is C40H36N2Si. The first kappa shape index (κ1) is 27.2.